The number of hydrogen-bond acceptors (Lipinski definition) is 5. The number of primary amides is 2. The quantitative estimate of drug-likeness (QED) is 0.720. The minimum absolute atomic E-state index is 0.156. The number of ether oxygens (including phenoxy) is 2. The molecule has 1 aromatic rings. The highest BCUT2D eigenvalue weighted by atomic mass is 35.5. The predicted octanol–water partition coefficient (Wildman–Crippen LogP) is 1.28. The van der Waals surface area contributed by atoms with Gasteiger partial charge in [-0.05, 0) is 17.7 Å². The first-order chi connectivity index (χ1) is 9.38. The van der Waals surface area contributed by atoms with E-state index >= 15 is 0 Å². The van der Waals surface area contributed by atoms with Crippen LogP contribution in [0.1, 0.15) is 11.7 Å². The van der Waals surface area contributed by atoms with E-state index in [0.717, 1.165) is 0 Å². The topological polar surface area (TPSA) is 134 Å². The van der Waals surface area contributed by atoms with E-state index in [9.17, 15) is 14.4 Å². The summed E-state index contributed by atoms with van der Waals surface area (Å²) in [5, 5.41) is 2.70. The molecule has 3 amide bonds. The summed E-state index contributed by atoms with van der Waals surface area (Å²) in [4.78, 5) is 32.3. The number of amides is 3. The fraction of sp³-hybridized carbons (Fsp3) is 0.182. The fourth-order valence-electron chi connectivity index (χ4n) is 1.35. The molecule has 9 heteroatoms. The van der Waals surface area contributed by atoms with Crippen LogP contribution in [0.5, 0.6) is 0 Å². The summed E-state index contributed by atoms with van der Waals surface area (Å²) >= 11 is 5.73. The summed E-state index contributed by atoms with van der Waals surface area (Å²) in [5.41, 5.74) is 10.2. The third kappa shape index (κ3) is 5.44. The highest BCUT2D eigenvalue weighted by Gasteiger charge is 2.17. The molecule has 108 valence electrons. The second-order valence-electron chi connectivity index (χ2n) is 3.57. The van der Waals surface area contributed by atoms with E-state index in [-0.39, 0.29) is 6.54 Å². The van der Waals surface area contributed by atoms with Gasteiger partial charge in [0.25, 0.3) is 0 Å². The molecule has 0 fully saturated rings. The van der Waals surface area contributed by atoms with Crippen LogP contribution >= 0.6 is 11.6 Å². The molecule has 0 aromatic heterocycles. The van der Waals surface area contributed by atoms with Crippen LogP contribution in [-0.2, 0) is 9.47 Å². The van der Waals surface area contributed by atoms with Gasteiger partial charge in [0, 0.05) is 5.02 Å². The van der Waals surface area contributed by atoms with Crippen LogP contribution < -0.4 is 16.8 Å². The van der Waals surface area contributed by atoms with Crippen molar-refractivity contribution in [2.24, 2.45) is 11.5 Å². The van der Waals surface area contributed by atoms with Crippen molar-refractivity contribution in [2.45, 2.75) is 6.10 Å². The molecule has 0 aliphatic rings. The molecule has 0 heterocycles. The first-order valence-corrected chi connectivity index (χ1v) is 5.73. The van der Waals surface area contributed by atoms with Crippen LogP contribution in [0.4, 0.5) is 14.4 Å². The van der Waals surface area contributed by atoms with E-state index in [1.807, 2.05) is 0 Å². The molecule has 0 bridgehead atoms. The number of nitrogens with two attached hydrogens (primary N) is 2. The van der Waals surface area contributed by atoms with Crippen molar-refractivity contribution in [2.75, 3.05) is 6.54 Å². The number of benzene rings is 1. The van der Waals surface area contributed by atoms with Crippen LogP contribution in [0, 0.1) is 0 Å². The largest absolute Gasteiger partial charge is 0.440 e. The summed E-state index contributed by atoms with van der Waals surface area (Å²) in [6.07, 6.45) is -4.19. The lowest BCUT2D eigenvalue weighted by Crippen LogP contribution is -2.34. The maximum Gasteiger partial charge on any atom is 0.416 e. The average Bonchev–Trinajstić information content (AvgIpc) is 2.34. The molecule has 0 aliphatic heterocycles. The third-order valence-electron chi connectivity index (χ3n) is 2.13. The van der Waals surface area contributed by atoms with Gasteiger partial charge < -0.3 is 26.3 Å². The van der Waals surface area contributed by atoms with Crippen molar-refractivity contribution in [3.63, 3.8) is 0 Å². The molecule has 0 aliphatic carbocycles. The summed E-state index contributed by atoms with van der Waals surface area (Å²) < 4.78 is 8.90. The Bertz CT molecular complexity index is 505. The normalized spacial score (nSPS) is 11.2. The molecule has 0 saturated carbocycles. The zero-order valence-corrected chi connectivity index (χ0v) is 10.9. The van der Waals surface area contributed by atoms with Crippen molar-refractivity contribution in [3.8, 4) is 0 Å². The van der Waals surface area contributed by atoms with Crippen molar-refractivity contribution >= 4 is 29.9 Å². The predicted molar refractivity (Wildman–Crippen MR) is 68.9 cm³/mol. The van der Waals surface area contributed by atoms with Crippen molar-refractivity contribution < 1.29 is 23.9 Å². The fourth-order valence-corrected chi connectivity index (χ4v) is 1.47. The summed E-state index contributed by atoms with van der Waals surface area (Å²) in [6.45, 7) is -0.156. The Kier molecular flexibility index (Phi) is 5.60. The van der Waals surface area contributed by atoms with Crippen molar-refractivity contribution in [1.82, 2.24) is 5.32 Å². The SMILES string of the molecule is NC(=O)OC(=O)NCC(OC(N)=O)c1ccc(Cl)cc1. The monoisotopic (exact) mass is 301 g/mol. The Morgan fingerprint density at radius 2 is 1.75 bits per heavy atom. The Morgan fingerprint density at radius 1 is 1.15 bits per heavy atom. The maximum atomic E-state index is 11.1. The number of carbonyl (C=O) groups excluding carboxylic acids is 3. The Labute approximate surface area is 119 Å². The van der Waals surface area contributed by atoms with Crippen molar-refractivity contribution in [3.05, 3.63) is 34.9 Å². The number of halogens is 1. The Hall–Kier alpha value is -2.48. The third-order valence-corrected chi connectivity index (χ3v) is 2.38. The van der Waals surface area contributed by atoms with Gasteiger partial charge in [-0.15, -0.1) is 0 Å². The molecule has 1 unspecified atom stereocenters. The molecule has 1 aromatic carbocycles. The lowest BCUT2D eigenvalue weighted by molar-refractivity contribution is 0.102. The van der Waals surface area contributed by atoms with E-state index in [0.29, 0.717) is 10.6 Å². The highest BCUT2D eigenvalue weighted by molar-refractivity contribution is 6.30. The molecule has 8 nitrogen and oxygen atoms in total. The Balaban J connectivity index is 2.69. The highest BCUT2D eigenvalue weighted by Crippen LogP contribution is 2.19. The first-order valence-electron chi connectivity index (χ1n) is 5.35. The second kappa shape index (κ2) is 7.19. The molecule has 1 atom stereocenters. The van der Waals surface area contributed by atoms with Crippen LogP contribution in [-0.4, -0.2) is 24.8 Å². The summed E-state index contributed by atoms with van der Waals surface area (Å²) in [6, 6.07) is 6.35. The van der Waals surface area contributed by atoms with Gasteiger partial charge in [-0.25, -0.2) is 14.4 Å². The van der Waals surface area contributed by atoms with Crippen molar-refractivity contribution in [1.29, 1.82) is 0 Å². The minimum atomic E-state index is -1.25. The molecule has 20 heavy (non-hydrogen) atoms. The number of hydrogen-bond donors (Lipinski definition) is 3. The first kappa shape index (κ1) is 15.6. The molecule has 0 radical (unpaired) electrons. The van der Waals surface area contributed by atoms with Crippen LogP contribution in [0.15, 0.2) is 24.3 Å². The number of rotatable bonds is 4. The zero-order chi connectivity index (χ0) is 15.1. The van der Waals surface area contributed by atoms with Gasteiger partial charge in [-0.2, -0.15) is 0 Å². The van der Waals surface area contributed by atoms with E-state index in [4.69, 9.17) is 22.1 Å². The standard InChI is InChI=1S/C11H12ClN3O5/c12-7-3-1-6(2-4-7)8(19-9(13)16)5-15-11(18)20-10(14)17/h1-4,8H,5H2,(H2,13,16)(H2,14,17)(H,15,18). The van der Waals surface area contributed by atoms with Crippen LogP contribution in [0.2, 0.25) is 5.02 Å². The van der Waals surface area contributed by atoms with E-state index in [1.54, 1.807) is 24.3 Å². The molecular weight excluding hydrogens is 290 g/mol. The number of carbonyl (C=O) groups is 3. The smallest absolute Gasteiger partial charge is 0.416 e. The number of alkyl carbamates (subject to hydrolysis) is 1. The summed E-state index contributed by atoms with van der Waals surface area (Å²) in [7, 11) is 0. The Morgan fingerprint density at radius 3 is 2.25 bits per heavy atom. The minimum Gasteiger partial charge on any atom is -0.440 e. The van der Waals surface area contributed by atoms with Gasteiger partial charge >= 0.3 is 18.3 Å². The molecule has 0 spiro atoms. The van der Waals surface area contributed by atoms with E-state index in [1.165, 1.54) is 0 Å². The van der Waals surface area contributed by atoms with Gasteiger partial charge in [0.1, 0.15) is 6.10 Å². The number of nitrogens with one attached hydrogen (secondary N) is 1. The molecule has 5 N–H and O–H groups in total. The maximum absolute atomic E-state index is 11.1. The van der Waals surface area contributed by atoms with Gasteiger partial charge in [0.05, 0.1) is 6.54 Å². The van der Waals surface area contributed by atoms with Gasteiger partial charge in [-0.3, -0.25) is 0 Å². The molecule has 1 rings (SSSR count). The van der Waals surface area contributed by atoms with Gasteiger partial charge in [0.15, 0.2) is 0 Å². The van der Waals surface area contributed by atoms with Crippen LogP contribution in [0.3, 0.4) is 0 Å². The molecule has 0 saturated heterocycles. The van der Waals surface area contributed by atoms with E-state index in [2.05, 4.69) is 15.8 Å². The lowest BCUT2D eigenvalue weighted by atomic mass is 10.1. The lowest BCUT2D eigenvalue weighted by Gasteiger charge is -2.17. The van der Waals surface area contributed by atoms with Gasteiger partial charge in [0.2, 0.25) is 0 Å². The van der Waals surface area contributed by atoms with Crippen LogP contribution in [0.25, 0.3) is 0 Å². The molecular formula is C11H12ClN3O5. The average molecular weight is 302 g/mol. The zero-order valence-electron chi connectivity index (χ0n) is 10.2. The van der Waals surface area contributed by atoms with Gasteiger partial charge in [-0.1, -0.05) is 23.7 Å². The second-order valence-corrected chi connectivity index (χ2v) is 4.00. The summed E-state index contributed by atoms with van der Waals surface area (Å²) in [5.74, 6) is 0. The van der Waals surface area contributed by atoms with E-state index < -0.39 is 24.4 Å².